The van der Waals surface area contributed by atoms with Crippen LogP contribution in [0.4, 0.5) is 4.79 Å². The fourth-order valence-electron chi connectivity index (χ4n) is 1.28. The molecule has 1 atom stereocenters. The predicted molar refractivity (Wildman–Crippen MR) is 66.1 cm³/mol. The Morgan fingerprint density at radius 1 is 1.33 bits per heavy atom. The van der Waals surface area contributed by atoms with Crippen molar-refractivity contribution in [2.75, 3.05) is 0 Å². The Labute approximate surface area is 106 Å². The third-order valence-electron chi connectivity index (χ3n) is 2.77. The molecule has 5 heteroatoms. The first-order chi connectivity index (χ1) is 8.48. The summed E-state index contributed by atoms with van der Waals surface area (Å²) in [6, 6.07) is 9.18. The van der Waals surface area contributed by atoms with Crippen LogP contribution in [0, 0.1) is 0 Å². The molecule has 0 heterocycles. The molecule has 1 aromatic carbocycles. The van der Waals surface area contributed by atoms with E-state index < -0.39 is 17.6 Å². The number of aliphatic carboxylic acids is 1. The molecule has 0 aromatic heterocycles. The lowest BCUT2D eigenvalue weighted by Crippen LogP contribution is -2.51. The van der Waals surface area contributed by atoms with Crippen LogP contribution in [0.15, 0.2) is 30.3 Å². The molecule has 0 aliphatic rings. The first-order valence-electron chi connectivity index (χ1n) is 5.70. The van der Waals surface area contributed by atoms with Gasteiger partial charge in [-0.3, -0.25) is 0 Å². The normalized spacial score (nSPS) is 13.4. The van der Waals surface area contributed by atoms with E-state index in [9.17, 15) is 9.59 Å². The Balaban J connectivity index is 2.49. The third kappa shape index (κ3) is 3.76. The number of ether oxygens (including phenoxy) is 1. The van der Waals surface area contributed by atoms with Gasteiger partial charge in [0.05, 0.1) is 0 Å². The lowest BCUT2D eigenvalue weighted by Gasteiger charge is -2.23. The summed E-state index contributed by atoms with van der Waals surface area (Å²) in [6.07, 6.45) is -0.450. The average molecular weight is 251 g/mol. The quantitative estimate of drug-likeness (QED) is 0.840. The maximum absolute atomic E-state index is 11.5. The smallest absolute Gasteiger partial charge is 0.408 e. The molecule has 0 spiro atoms. The van der Waals surface area contributed by atoms with Gasteiger partial charge in [-0.15, -0.1) is 0 Å². The zero-order valence-corrected chi connectivity index (χ0v) is 10.5. The van der Waals surface area contributed by atoms with Gasteiger partial charge in [0.25, 0.3) is 0 Å². The maximum Gasteiger partial charge on any atom is 0.408 e. The molecule has 0 fully saturated rings. The summed E-state index contributed by atoms with van der Waals surface area (Å²) < 4.78 is 4.96. The van der Waals surface area contributed by atoms with Crippen molar-refractivity contribution in [2.45, 2.75) is 32.4 Å². The minimum Gasteiger partial charge on any atom is -0.480 e. The lowest BCUT2D eigenvalue weighted by atomic mass is 10.00. The molecule has 0 aliphatic heterocycles. The Kier molecular flexibility index (Phi) is 4.71. The van der Waals surface area contributed by atoms with Crippen molar-refractivity contribution in [1.82, 2.24) is 5.32 Å². The molecule has 0 unspecified atom stereocenters. The van der Waals surface area contributed by atoms with E-state index in [1.54, 1.807) is 6.92 Å². The Hall–Kier alpha value is -2.04. The van der Waals surface area contributed by atoms with Gasteiger partial charge in [0.1, 0.15) is 12.1 Å². The van der Waals surface area contributed by atoms with Crippen molar-refractivity contribution in [2.24, 2.45) is 0 Å². The number of amides is 1. The van der Waals surface area contributed by atoms with Crippen LogP contribution in [-0.2, 0) is 16.1 Å². The number of carboxylic acid groups (broad SMARTS) is 1. The minimum absolute atomic E-state index is 0.117. The predicted octanol–water partition coefficient (Wildman–Crippen LogP) is 2.17. The molecule has 1 rings (SSSR count). The number of rotatable bonds is 5. The minimum atomic E-state index is -1.30. The maximum atomic E-state index is 11.5. The van der Waals surface area contributed by atoms with Crippen LogP contribution in [-0.4, -0.2) is 22.7 Å². The fourth-order valence-corrected chi connectivity index (χ4v) is 1.28. The van der Waals surface area contributed by atoms with Crippen LogP contribution >= 0.6 is 0 Å². The number of alkyl carbamates (subject to hydrolysis) is 1. The lowest BCUT2D eigenvalue weighted by molar-refractivity contribution is -0.144. The van der Waals surface area contributed by atoms with E-state index in [0.29, 0.717) is 0 Å². The number of hydrogen-bond acceptors (Lipinski definition) is 3. The number of nitrogens with one attached hydrogen (secondary N) is 1. The van der Waals surface area contributed by atoms with Crippen molar-refractivity contribution >= 4 is 12.1 Å². The molecule has 18 heavy (non-hydrogen) atoms. The van der Waals surface area contributed by atoms with Crippen LogP contribution in [0.3, 0.4) is 0 Å². The van der Waals surface area contributed by atoms with Crippen LogP contribution in [0.1, 0.15) is 25.8 Å². The molecule has 1 aromatic rings. The van der Waals surface area contributed by atoms with Crippen LogP contribution in [0.25, 0.3) is 0 Å². The van der Waals surface area contributed by atoms with E-state index >= 15 is 0 Å². The van der Waals surface area contributed by atoms with Gasteiger partial charge in [-0.25, -0.2) is 9.59 Å². The molecule has 0 saturated heterocycles. The molecule has 2 N–H and O–H groups in total. The number of carbonyl (C=O) groups excluding carboxylic acids is 1. The third-order valence-corrected chi connectivity index (χ3v) is 2.77. The largest absolute Gasteiger partial charge is 0.480 e. The second kappa shape index (κ2) is 6.05. The highest BCUT2D eigenvalue weighted by atomic mass is 16.5. The molecule has 0 bridgehead atoms. The zero-order valence-electron chi connectivity index (χ0n) is 10.5. The number of benzene rings is 1. The zero-order chi connectivity index (χ0) is 13.6. The van der Waals surface area contributed by atoms with Gasteiger partial charge >= 0.3 is 12.1 Å². The molecule has 1 amide bonds. The van der Waals surface area contributed by atoms with Crippen LogP contribution in [0.5, 0.6) is 0 Å². The molecule has 0 radical (unpaired) electrons. The summed E-state index contributed by atoms with van der Waals surface area (Å²) in [4.78, 5) is 22.5. The van der Waals surface area contributed by atoms with E-state index in [0.717, 1.165) is 5.56 Å². The van der Waals surface area contributed by atoms with Gasteiger partial charge in [-0.05, 0) is 18.9 Å². The van der Waals surface area contributed by atoms with E-state index in [1.807, 2.05) is 30.3 Å². The molecule has 5 nitrogen and oxygen atoms in total. The average Bonchev–Trinajstić information content (AvgIpc) is 2.37. The first kappa shape index (κ1) is 14.0. The van der Waals surface area contributed by atoms with Crippen molar-refractivity contribution < 1.29 is 19.4 Å². The van der Waals surface area contributed by atoms with E-state index in [1.165, 1.54) is 6.92 Å². The Morgan fingerprint density at radius 2 is 1.94 bits per heavy atom. The first-order valence-corrected chi connectivity index (χ1v) is 5.70. The van der Waals surface area contributed by atoms with Crippen molar-refractivity contribution in [3.8, 4) is 0 Å². The number of carboxylic acids is 1. The number of hydrogen-bond donors (Lipinski definition) is 2. The van der Waals surface area contributed by atoms with Crippen molar-refractivity contribution in [1.29, 1.82) is 0 Å². The summed E-state index contributed by atoms with van der Waals surface area (Å²) in [7, 11) is 0. The fraction of sp³-hybridized carbons (Fsp3) is 0.385. The summed E-state index contributed by atoms with van der Waals surface area (Å²) in [6.45, 7) is 3.25. The van der Waals surface area contributed by atoms with Gasteiger partial charge in [0.2, 0.25) is 0 Å². The second-order valence-electron chi connectivity index (χ2n) is 4.18. The van der Waals surface area contributed by atoms with E-state index in [2.05, 4.69) is 5.32 Å². The highest BCUT2D eigenvalue weighted by Crippen LogP contribution is 2.10. The highest BCUT2D eigenvalue weighted by molar-refractivity contribution is 5.83. The molecule has 98 valence electrons. The van der Waals surface area contributed by atoms with Gasteiger partial charge in [0.15, 0.2) is 0 Å². The topological polar surface area (TPSA) is 75.6 Å². The van der Waals surface area contributed by atoms with E-state index in [4.69, 9.17) is 9.84 Å². The Morgan fingerprint density at radius 3 is 2.44 bits per heavy atom. The van der Waals surface area contributed by atoms with Gasteiger partial charge in [0, 0.05) is 0 Å². The summed E-state index contributed by atoms with van der Waals surface area (Å²) >= 11 is 0. The van der Waals surface area contributed by atoms with Gasteiger partial charge < -0.3 is 15.2 Å². The van der Waals surface area contributed by atoms with Crippen LogP contribution in [0.2, 0.25) is 0 Å². The monoisotopic (exact) mass is 251 g/mol. The highest BCUT2D eigenvalue weighted by Gasteiger charge is 2.33. The molecular formula is C13H17NO4. The van der Waals surface area contributed by atoms with E-state index in [-0.39, 0.29) is 13.0 Å². The van der Waals surface area contributed by atoms with Gasteiger partial charge in [-0.1, -0.05) is 37.3 Å². The summed E-state index contributed by atoms with van der Waals surface area (Å²) in [5.41, 5.74) is -0.450. The molecular weight excluding hydrogens is 234 g/mol. The standard InChI is InChI=1S/C13H17NO4/c1-3-13(2,11(15)16)14-12(17)18-9-10-7-5-4-6-8-10/h4-8H,3,9H2,1-2H3,(H,14,17)(H,15,16)/t13-/m0/s1. The molecule has 0 saturated carbocycles. The Bertz CT molecular complexity index is 418. The van der Waals surface area contributed by atoms with Gasteiger partial charge in [-0.2, -0.15) is 0 Å². The number of carbonyl (C=O) groups is 2. The van der Waals surface area contributed by atoms with Crippen LogP contribution < -0.4 is 5.32 Å². The molecule has 0 aliphatic carbocycles. The summed E-state index contributed by atoms with van der Waals surface area (Å²) in [5, 5.41) is 11.3. The van der Waals surface area contributed by atoms with Crippen molar-refractivity contribution in [3.63, 3.8) is 0 Å². The second-order valence-corrected chi connectivity index (χ2v) is 4.18. The van der Waals surface area contributed by atoms with Crippen molar-refractivity contribution in [3.05, 3.63) is 35.9 Å². The summed E-state index contributed by atoms with van der Waals surface area (Å²) in [5.74, 6) is -1.08. The SMILES string of the molecule is CC[C@](C)(NC(=O)OCc1ccccc1)C(=O)O.